The van der Waals surface area contributed by atoms with E-state index in [9.17, 15) is 9.59 Å². The Hall–Kier alpha value is -2.30. The maximum absolute atomic E-state index is 12.1. The number of rotatable bonds is 6. The predicted octanol–water partition coefficient (Wildman–Crippen LogP) is 2.76. The van der Waals surface area contributed by atoms with E-state index in [-0.39, 0.29) is 5.92 Å². The molecule has 1 aliphatic heterocycles. The Morgan fingerprint density at radius 3 is 2.33 bits per heavy atom. The highest BCUT2D eigenvalue weighted by Gasteiger charge is 2.39. The third-order valence-electron chi connectivity index (χ3n) is 4.50. The summed E-state index contributed by atoms with van der Waals surface area (Å²) in [5.41, 5.74) is 2.32. The molecule has 1 aromatic rings. The van der Waals surface area contributed by atoms with Gasteiger partial charge in [-0.15, -0.1) is 0 Å². The fraction of sp³-hybridized carbons (Fsp3) is 0.474. The zero-order chi connectivity index (χ0) is 17.5. The molecule has 0 saturated heterocycles. The van der Waals surface area contributed by atoms with Crippen LogP contribution in [-0.2, 0) is 25.6 Å². The van der Waals surface area contributed by atoms with Crippen LogP contribution in [0, 0.1) is 11.8 Å². The largest absolute Gasteiger partial charge is 0.468 e. The van der Waals surface area contributed by atoms with E-state index < -0.39 is 17.9 Å². The molecule has 0 spiro atoms. The van der Waals surface area contributed by atoms with Crippen molar-refractivity contribution >= 4 is 11.9 Å². The van der Waals surface area contributed by atoms with E-state index in [4.69, 9.17) is 9.47 Å². The average molecular weight is 331 g/mol. The summed E-state index contributed by atoms with van der Waals surface area (Å²) in [7, 11) is 2.61. The standard InChI is InChI=1S/C19H25NO4/c1-4-15-13-20(12-14-8-6-5-7-9-14)11-10-16(15)17(18(21)23-2)19(22)24-3/h5-9,13,16-17H,4,10-12H2,1-3H3. The molecule has 24 heavy (non-hydrogen) atoms. The minimum Gasteiger partial charge on any atom is -0.468 e. The smallest absolute Gasteiger partial charge is 0.320 e. The summed E-state index contributed by atoms with van der Waals surface area (Å²) >= 11 is 0. The Bertz CT molecular complexity index is 581. The first kappa shape index (κ1) is 18.0. The molecule has 1 unspecified atom stereocenters. The fourth-order valence-electron chi connectivity index (χ4n) is 3.24. The Morgan fingerprint density at radius 1 is 1.17 bits per heavy atom. The molecule has 5 heteroatoms. The van der Waals surface area contributed by atoms with Crippen molar-refractivity contribution in [3.8, 4) is 0 Å². The van der Waals surface area contributed by atoms with Crippen LogP contribution in [-0.4, -0.2) is 37.6 Å². The highest BCUT2D eigenvalue weighted by atomic mass is 16.5. The molecule has 5 nitrogen and oxygen atoms in total. The summed E-state index contributed by atoms with van der Waals surface area (Å²) in [6.45, 7) is 3.64. The monoisotopic (exact) mass is 331 g/mol. The normalized spacial score (nSPS) is 17.4. The molecule has 0 aromatic heterocycles. The van der Waals surface area contributed by atoms with E-state index in [0.717, 1.165) is 31.5 Å². The van der Waals surface area contributed by atoms with E-state index in [2.05, 4.69) is 23.2 Å². The maximum atomic E-state index is 12.1. The van der Waals surface area contributed by atoms with E-state index in [0.29, 0.717) is 0 Å². The lowest BCUT2D eigenvalue weighted by Gasteiger charge is -2.34. The van der Waals surface area contributed by atoms with Gasteiger partial charge in [0.2, 0.25) is 0 Å². The fourth-order valence-corrected chi connectivity index (χ4v) is 3.24. The van der Waals surface area contributed by atoms with Crippen LogP contribution in [0.25, 0.3) is 0 Å². The van der Waals surface area contributed by atoms with Crippen LogP contribution in [0.15, 0.2) is 42.1 Å². The van der Waals surface area contributed by atoms with Gasteiger partial charge < -0.3 is 14.4 Å². The molecule has 0 bridgehead atoms. The molecule has 1 aromatic carbocycles. The molecular weight excluding hydrogens is 306 g/mol. The van der Waals surface area contributed by atoms with Gasteiger partial charge in [-0.3, -0.25) is 9.59 Å². The van der Waals surface area contributed by atoms with Gasteiger partial charge in [-0.25, -0.2) is 0 Å². The van der Waals surface area contributed by atoms with Gasteiger partial charge in [-0.1, -0.05) is 37.3 Å². The molecule has 0 saturated carbocycles. The summed E-state index contributed by atoms with van der Waals surface area (Å²) < 4.78 is 9.65. The SMILES string of the molecule is CCC1=CN(Cc2ccccc2)CCC1C(C(=O)OC)C(=O)OC. The molecular formula is C19H25NO4. The van der Waals surface area contributed by atoms with Crippen molar-refractivity contribution in [1.82, 2.24) is 4.90 Å². The minimum absolute atomic E-state index is 0.165. The third-order valence-corrected chi connectivity index (χ3v) is 4.50. The second kappa shape index (κ2) is 8.52. The van der Waals surface area contributed by atoms with Gasteiger partial charge >= 0.3 is 11.9 Å². The number of hydrogen-bond acceptors (Lipinski definition) is 5. The van der Waals surface area contributed by atoms with Gasteiger partial charge in [-0.05, 0) is 30.2 Å². The summed E-state index contributed by atoms with van der Waals surface area (Å²) in [5.74, 6) is -2.10. The zero-order valence-electron chi connectivity index (χ0n) is 14.5. The van der Waals surface area contributed by atoms with Crippen LogP contribution in [0.4, 0.5) is 0 Å². The van der Waals surface area contributed by atoms with Gasteiger partial charge in [0.05, 0.1) is 14.2 Å². The average Bonchev–Trinajstić information content (AvgIpc) is 2.63. The maximum Gasteiger partial charge on any atom is 0.320 e. The minimum atomic E-state index is -0.884. The summed E-state index contributed by atoms with van der Waals surface area (Å²) in [6.07, 6.45) is 3.59. The number of nitrogens with zero attached hydrogens (tertiary/aromatic N) is 1. The molecule has 0 fully saturated rings. The van der Waals surface area contributed by atoms with Crippen molar-refractivity contribution in [3.05, 3.63) is 47.7 Å². The van der Waals surface area contributed by atoms with Crippen molar-refractivity contribution in [3.63, 3.8) is 0 Å². The molecule has 1 atom stereocenters. The first-order valence-corrected chi connectivity index (χ1v) is 8.24. The van der Waals surface area contributed by atoms with Crippen molar-refractivity contribution in [2.24, 2.45) is 11.8 Å². The van der Waals surface area contributed by atoms with Crippen molar-refractivity contribution in [2.45, 2.75) is 26.3 Å². The Kier molecular flexibility index (Phi) is 6.41. The molecule has 0 amide bonds. The van der Waals surface area contributed by atoms with Crippen molar-refractivity contribution < 1.29 is 19.1 Å². The second-order valence-corrected chi connectivity index (χ2v) is 5.93. The molecule has 0 N–H and O–H groups in total. The highest BCUT2D eigenvalue weighted by Crippen LogP contribution is 2.33. The number of benzene rings is 1. The van der Waals surface area contributed by atoms with Gasteiger partial charge in [0.1, 0.15) is 0 Å². The van der Waals surface area contributed by atoms with E-state index >= 15 is 0 Å². The molecule has 1 aliphatic rings. The van der Waals surface area contributed by atoms with Crippen molar-refractivity contribution in [1.29, 1.82) is 0 Å². The van der Waals surface area contributed by atoms with E-state index in [1.54, 1.807) is 0 Å². The number of methoxy groups -OCH3 is 2. The number of carbonyl (C=O) groups is 2. The quantitative estimate of drug-likeness (QED) is 0.593. The molecule has 0 radical (unpaired) electrons. The van der Waals surface area contributed by atoms with Gasteiger partial charge in [-0.2, -0.15) is 0 Å². The zero-order valence-corrected chi connectivity index (χ0v) is 14.5. The highest BCUT2D eigenvalue weighted by molar-refractivity contribution is 5.95. The lowest BCUT2D eigenvalue weighted by molar-refractivity contribution is -0.161. The van der Waals surface area contributed by atoms with Crippen LogP contribution < -0.4 is 0 Å². The van der Waals surface area contributed by atoms with E-state index in [1.165, 1.54) is 19.8 Å². The number of hydrogen-bond donors (Lipinski definition) is 0. The van der Waals surface area contributed by atoms with Crippen LogP contribution >= 0.6 is 0 Å². The van der Waals surface area contributed by atoms with Crippen molar-refractivity contribution in [2.75, 3.05) is 20.8 Å². The Morgan fingerprint density at radius 2 is 1.79 bits per heavy atom. The van der Waals surface area contributed by atoms with Crippen LogP contribution in [0.5, 0.6) is 0 Å². The Balaban J connectivity index is 2.19. The van der Waals surface area contributed by atoms with E-state index in [1.807, 2.05) is 25.1 Å². The first-order chi connectivity index (χ1) is 11.6. The number of esters is 2. The van der Waals surface area contributed by atoms with Gasteiger partial charge in [0, 0.05) is 19.0 Å². The molecule has 0 aliphatic carbocycles. The predicted molar refractivity (Wildman–Crippen MR) is 90.9 cm³/mol. The number of allylic oxidation sites excluding steroid dienone is 1. The number of carbonyl (C=O) groups excluding carboxylic acids is 2. The lowest BCUT2D eigenvalue weighted by atomic mass is 9.80. The van der Waals surface area contributed by atoms with Gasteiger partial charge in [0.15, 0.2) is 5.92 Å². The topological polar surface area (TPSA) is 55.8 Å². The van der Waals surface area contributed by atoms with Gasteiger partial charge in [0.25, 0.3) is 0 Å². The molecule has 1 heterocycles. The third kappa shape index (κ3) is 4.16. The first-order valence-electron chi connectivity index (χ1n) is 8.24. The Labute approximate surface area is 143 Å². The number of ether oxygens (including phenoxy) is 2. The summed E-state index contributed by atoms with van der Waals surface area (Å²) in [4.78, 5) is 26.4. The summed E-state index contributed by atoms with van der Waals surface area (Å²) in [6, 6.07) is 10.2. The lowest BCUT2D eigenvalue weighted by Crippen LogP contribution is -2.38. The summed E-state index contributed by atoms with van der Waals surface area (Å²) in [5, 5.41) is 0. The molecule has 130 valence electrons. The molecule has 2 rings (SSSR count). The van der Waals surface area contributed by atoms with Crippen LogP contribution in [0.3, 0.4) is 0 Å². The van der Waals surface area contributed by atoms with Crippen LogP contribution in [0.1, 0.15) is 25.3 Å². The van der Waals surface area contributed by atoms with Crippen LogP contribution in [0.2, 0.25) is 0 Å². The second-order valence-electron chi connectivity index (χ2n) is 5.93.